The number of hydrogen-bond acceptors (Lipinski definition) is 3. The van der Waals surface area contributed by atoms with Gasteiger partial charge in [-0.1, -0.05) is 6.92 Å². The largest absolute Gasteiger partial charge is 0.383 e. The molecule has 1 rings (SSSR count). The van der Waals surface area contributed by atoms with Crippen molar-refractivity contribution in [2.75, 3.05) is 26.8 Å². The molecule has 1 aromatic heterocycles. The van der Waals surface area contributed by atoms with Gasteiger partial charge in [-0.3, -0.25) is 4.68 Å². The van der Waals surface area contributed by atoms with Crippen molar-refractivity contribution in [3.05, 3.63) is 18.0 Å². The summed E-state index contributed by atoms with van der Waals surface area (Å²) in [5.41, 5.74) is 1.33. The average Bonchev–Trinajstić information content (AvgIpc) is 2.81. The third-order valence-corrected chi connectivity index (χ3v) is 3.00. The molecule has 0 aliphatic rings. The van der Waals surface area contributed by atoms with Crippen LogP contribution in [0, 0.1) is 0 Å². The fourth-order valence-corrected chi connectivity index (χ4v) is 1.65. The van der Waals surface area contributed by atoms with E-state index in [1.54, 1.807) is 7.11 Å². The Bertz CT molecular complexity index is 299. The number of nitrogens with one attached hydrogen (secondary N) is 1. The zero-order chi connectivity index (χ0) is 12.5. The molecule has 0 aromatic carbocycles. The van der Waals surface area contributed by atoms with E-state index in [4.69, 9.17) is 4.74 Å². The van der Waals surface area contributed by atoms with Crippen LogP contribution < -0.4 is 5.32 Å². The Morgan fingerprint density at radius 1 is 1.47 bits per heavy atom. The lowest BCUT2D eigenvalue weighted by atomic mass is 10.2. The van der Waals surface area contributed by atoms with Gasteiger partial charge in [0.15, 0.2) is 0 Å². The van der Waals surface area contributed by atoms with E-state index >= 15 is 0 Å². The smallest absolute Gasteiger partial charge is 0.0587 e. The van der Waals surface area contributed by atoms with Crippen molar-refractivity contribution >= 4 is 0 Å². The molecule has 1 heterocycles. The first-order valence-electron chi connectivity index (χ1n) is 6.50. The van der Waals surface area contributed by atoms with Crippen molar-refractivity contribution in [1.29, 1.82) is 0 Å². The summed E-state index contributed by atoms with van der Waals surface area (Å²) in [6, 6.07) is 0.503. The molecular formula is C13H25N3O. The third-order valence-electron chi connectivity index (χ3n) is 3.00. The van der Waals surface area contributed by atoms with Gasteiger partial charge in [0.2, 0.25) is 0 Å². The van der Waals surface area contributed by atoms with Crippen LogP contribution in [0.2, 0.25) is 0 Å². The summed E-state index contributed by atoms with van der Waals surface area (Å²) in [5, 5.41) is 7.74. The first-order valence-corrected chi connectivity index (χ1v) is 6.50. The van der Waals surface area contributed by atoms with E-state index in [1.807, 2.05) is 6.20 Å². The van der Waals surface area contributed by atoms with E-state index in [1.165, 1.54) is 5.56 Å². The minimum absolute atomic E-state index is 0.503. The molecule has 0 aliphatic heterocycles. The van der Waals surface area contributed by atoms with E-state index in [9.17, 15) is 0 Å². The van der Waals surface area contributed by atoms with Crippen LogP contribution in [0.1, 0.15) is 38.3 Å². The van der Waals surface area contributed by atoms with Crippen LogP contribution in [0.15, 0.2) is 12.4 Å². The second-order valence-electron chi connectivity index (χ2n) is 4.43. The minimum atomic E-state index is 0.503. The van der Waals surface area contributed by atoms with Crippen molar-refractivity contribution in [3.8, 4) is 0 Å². The number of hydrogen-bond donors (Lipinski definition) is 1. The maximum absolute atomic E-state index is 4.97. The normalized spacial score (nSPS) is 12.9. The fourth-order valence-electron chi connectivity index (χ4n) is 1.65. The number of ether oxygens (including phenoxy) is 1. The van der Waals surface area contributed by atoms with E-state index in [0.29, 0.717) is 6.04 Å². The maximum Gasteiger partial charge on any atom is 0.0587 e. The van der Waals surface area contributed by atoms with Gasteiger partial charge >= 0.3 is 0 Å². The maximum atomic E-state index is 4.97. The van der Waals surface area contributed by atoms with Gasteiger partial charge in [0, 0.05) is 25.9 Å². The summed E-state index contributed by atoms with van der Waals surface area (Å²) in [6.07, 6.45) is 7.52. The minimum Gasteiger partial charge on any atom is -0.383 e. The van der Waals surface area contributed by atoms with Gasteiger partial charge in [-0.15, -0.1) is 0 Å². The van der Waals surface area contributed by atoms with E-state index in [0.717, 1.165) is 39.0 Å². The lowest BCUT2D eigenvalue weighted by Crippen LogP contribution is -2.20. The molecule has 98 valence electrons. The van der Waals surface area contributed by atoms with Crippen molar-refractivity contribution in [3.63, 3.8) is 0 Å². The molecule has 17 heavy (non-hydrogen) atoms. The molecule has 1 aromatic rings. The molecule has 0 bridgehead atoms. The highest BCUT2D eigenvalue weighted by atomic mass is 16.5. The molecule has 0 aliphatic carbocycles. The van der Waals surface area contributed by atoms with Gasteiger partial charge in [0.25, 0.3) is 0 Å². The highest BCUT2D eigenvalue weighted by Gasteiger charge is 2.03. The molecule has 0 radical (unpaired) electrons. The van der Waals surface area contributed by atoms with E-state index < -0.39 is 0 Å². The molecule has 0 fully saturated rings. The second kappa shape index (κ2) is 8.25. The Balaban J connectivity index is 2.16. The molecule has 0 saturated carbocycles. The first kappa shape index (κ1) is 14.2. The molecule has 0 amide bonds. The van der Waals surface area contributed by atoms with Gasteiger partial charge < -0.3 is 10.1 Å². The molecule has 4 heteroatoms. The van der Waals surface area contributed by atoms with Gasteiger partial charge in [-0.25, -0.2) is 0 Å². The Kier molecular flexibility index (Phi) is 6.89. The van der Waals surface area contributed by atoms with Crippen LogP contribution in [0.25, 0.3) is 0 Å². The standard InChI is InChI=1S/C13H25N3O/c1-4-12(2)16-11-13(10-15-16)6-5-7-14-8-9-17-3/h10-12,14H,4-9H2,1-3H3. The summed E-state index contributed by atoms with van der Waals surface area (Å²) in [4.78, 5) is 0. The predicted molar refractivity (Wildman–Crippen MR) is 70.3 cm³/mol. The van der Waals surface area contributed by atoms with Crippen molar-refractivity contribution in [1.82, 2.24) is 15.1 Å². The number of methoxy groups -OCH3 is 1. The summed E-state index contributed by atoms with van der Waals surface area (Å²) < 4.78 is 7.04. The molecular weight excluding hydrogens is 214 g/mol. The Morgan fingerprint density at radius 3 is 3.00 bits per heavy atom. The molecule has 1 unspecified atom stereocenters. The monoisotopic (exact) mass is 239 g/mol. The first-order chi connectivity index (χ1) is 8.27. The summed E-state index contributed by atoms with van der Waals surface area (Å²) in [7, 11) is 1.73. The second-order valence-corrected chi connectivity index (χ2v) is 4.43. The Hall–Kier alpha value is -0.870. The van der Waals surface area contributed by atoms with Crippen LogP contribution in [-0.2, 0) is 11.2 Å². The van der Waals surface area contributed by atoms with Crippen molar-refractivity contribution in [2.45, 2.75) is 39.2 Å². The zero-order valence-electron chi connectivity index (χ0n) is 11.3. The highest BCUT2D eigenvalue weighted by Crippen LogP contribution is 2.10. The molecule has 0 saturated heterocycles. The number of rotatable bonds is 9. The zero-order valence-corrected chi connectivity index (χ0v) is 11.3. The lowest BCUT2D eigenvalue weighted by Gasteiger charge is -2.07. The van der Waals surface area contributed by atoms with Gasteiger partial charge in [0.1, 0.15) is 0 Å². The predicted octanol–water partition coefficient (Wildman–Crippen LogP) is 2.02. The number of aryl methyl sites for hydroxylation is 1. The Labute approximate surface area is 104 Å². The topological polar surface area (TPSA) is 39.1 Å². The number of aromatic nitrogens is 2. The lowest BCUT2D eigenvalue weighted by molar-refractivity contribution is 0.199. The fraction of sp³-hybridized carbons (Fsp3) is 0.769. The average molecular weight is 239 g/mol. The molecule has 1 atom stereocenters. The summed E-state index contributed by atoms with van der Waals surface area (Å²) in [5.74, 6) is 0. The quantitative estimate of drug-likeness (QED) is 0.670. The van der Waals surface area contributed by atoms with Crippen LogP contribution in [-0.4, -0.2) is 36.6 Å². The van der Waals surface area contributed by atoms with Crippen LogP contribution >= 0.6 is 0 Å². The van der Waals surface area contributed by atoms with E-state index in [2.05, 4.69) is 35.1 Å². The van der Waals surface area contributed by atoms with Crippen LogP contribution in [0.3, 0.4) is 0 Å². The molecule has 4 nitrogen and oxygen atoms in total. The molecule has 0 spiro atoms. The third kappa shape index (κ3) is 5.33. The molecule has 1 N–H and O–H groups in total. The highest BCUT2D eigenvalue weighted by molar-refractivity contribution is 5.04. The summed E-state index contributed by atoms with van der Waals surface area (Å²) >= 11 is 0. The van der Waals surface area contributed by atoms with E-state index in [-0.39, 0.29) is 0 Å². The van der Waals surface area contributed by atoms with Gasteiger partial charge in [0.05, 0.1) is 12.8 Å². The van der Waals surface area contributed by atoms with Crippen molar-refractivity contribution < 1.29 is 4.74 Å². The summed E-state index contributed by atoms with van der Waals surface area (Å²) in [6.45, 7) is 7.14. The van der Waals surface area contributed by atoms with Crippen molar-refractivity contribution in [2.24, 2.45) is 0 Å². The van der Waals surface area contributed by atoms with Gasteiger partial charge in [-0.05, 0) is 38.3 Å². The van der Waals surface area contributed by atoms with Gasteiger partial charge in [-0.2, -0.15) is 5.10 Å². The van der Waals surface area contributed by atoms with Crippen LogP contribution in [0.5, 0.6) is 0 Å². The number of nitrogens with zero attached hydrogens (tertiary/aromatic N) is 2. The Morgan fingerprint density at radius 2 is 2.29 bits per heavy atom. The SMILES string of the molecule is CCC(C)n1cc(CCCNCCOC)cn1. The van der Waals surface area contributed by atoms with Crippen LogP contribution in [0.4, 0.5) is 0 Å².